The highest BCUT2D eigenvalue weighted by atomic mass is 32.2. The lowest BCUT2D eigenvalue weighted by molar-refractivity contribution is 0.385. The Morgan fingerprint density at radius 3 is 2.32 bits per heavy atom. The number of piperazine rings is 1. The molecule has 1 aliphatic rings. The van der Waals surface area contributed by atoms with Crippen molar-refractivity contribution in [1.29, 1.82) is 0 Å². The summed E-state index contributed by atoms with van der Waals surface area (Å²) in [6.07, 6.45) is 1.52. The second-order valence-electron chi connectivity index (χ2n) is 7.28. The molecule has 5 rings (SSSR count). The molecule has 0 spiro atoms. The normalized spacial score (nSPS) is 15.4. The number of hydrogen-bond donors (Lipinski definition) is 2. The molecular weight excluding hydrogens is 414 g/mol. The van der Waals surface area contributed by atoms with Crippen LogP contribution in [0.5, 0.6) is 0 Å². The number of hydrogen-bond acceptors (Lipinski definition) is 7. The van der Waals surface area contributed by atoms with Crippen molar-refractivity contribution < 1.29 is 8.42 Å². The number of nitrogen functional groups attached to an aromatic ring is 1. The molecule has 0 radical (unpaired) electrons. The van der Waals surface area contributed by atoms with Gasteiger partial charge in [-0.05, 0) is 24.3 Å². The summed E-state index contributed by atoms with van der Waals surface area (Å²) in [5.74, 6) is 0.114. The van der Waals surface area contributed by atoms with Gasteiger partial charge in [0.2, 0.25) is 16.0 Å². The first kappa shape index (κ1) is 19.5. The lowest BCUT2D eigenvalue weighted by Crippen LogP contribution is -2.48. The smallest absolute Gasteiger partial charge is 0.243 e. The summed E-state index contributed by atoms with van der Waals surface area (Å²) in [5.41, 5.74) is 9.34. The van der Waals surface area contributed by atoms with E-state index in [0.717, 1.165) is 11.3 Å². The molecule has 4 aromatic rings. The van der Waals surface area contributed by atoms with E-state index in [2.05, 4.69) is 24.8 Å². The van der Waals surface area contributed by atoms with Crippen LogP contribution in [0.4, 0.5) is 11.6 Å². The van der Waals surface area contributed by atoms with Crippen molar-refractivity contribution in [3.63, 3.8) is 0 Å². The van der Waals surface area contributed by atoms with E-state index in [1.165, 1.54) is 10.6 Å². The Kier molecular flexibility index (Phi) is 4.79. The molecule has 0 amide bonds. The topological polar surface area (TPSA) is 121 Å². The summed E-state index contributed by atoms with van der Waals surface area (Å²) < 4.78 is 27.8. The minimum Gasteiger partial charge on any atom is -0.369 e. The molecule has 1 fully saturated rings. The zero-order valence-corrected chi connectivity index (χ0v) is 17.5. The number of nitrogens with one attached hydrogen (secondary N) is 1. The highest BCUT2D eigenvalue weighted by Crippen LogP contribution is 2.27. The summed E-state index contributed by atoms with van der Waals surface area (Å²) in [4.78, 5) is 18.0. The number of aromatic nitrogens is 4. The van der Waals surface area contributed by atoms with Crippen LogP contribution in [0.2, 0.25) is 0 Å². The third-order valence-corrected chi connectivity index (χ3v) is 7.34. The van der Waals surface area contributed by atoms with Crippen molar-refractivity contribution in [2.24, 2.45) is 0 Å². The van der Waals surface area contributed by atoms with Gasteiger partial charge in [-0.2, -0.15) is 9.29 Å². The molecule has 2 aromatic carbocycles. The molecule has 158 valence electrons. The van der Waals surface area contributed by atoms with E-state index in [-0.39, 0.29) is 10.8 Å². The molecule has 0 unspecified atom stereocenters. The first-order chi connectivity index (χ1) is 15.0. The largest absolute Gasteiger partial charge is 0.369 e. The van der Waals surface area contributed by atoms with Gasteiger partial charge in [0.1, 0.15) is 11.2 Å². The van der Waals surface area contributed by atoms with Crippen LogP contribution in [0.3, 0.4) is 0 Å². The molecular formula is C21H21N7O2S. The first-order valence-corrected chi connectivity index (χ1v) is 11.3. The second kappa shape index (κ2) is 7.64. The van der Waals surface area contributed by atoms with E-state index >= 15 is 0 Å². The summed E-state index contributed by atoms with van der Waals surface area (Å²) >= 11 is 0. The predicted octanol–water partition coefficient (Wildman–Crippen LogP) is 2.11. The number of fused-ring (bicyclic) bond motifs is 1. The van der Waals surface area contributed by atoms with Crippen LogP contribution in [0, 0.1) is 0 Å². The molecule has 3 heterocycles. The molecule has 0 saturated carbocycles. The maximum atomic E-state index is 13.1. The van der Waals surface area contributed by atoms with Crippen LogP contribution in [0.15, 0.2) is 65.8 Å². The summed E-state index contributed by atoms with van der Waals surface area (Å²) in [6, 6.07) is 16.7. The Morgan fingerprint density at radius 1 is 0.903 bits per heavy atom. The zero-order chi connectivity index (χ0) is 21.4. The van der Waals surface area contributed by atoms with Crippen LogP contribution >= 0.6 is 0 Å². The summed E-state index contributed by atoms with van der Waals surface area (Å²) in [5, 5.41) is 0. The predicted molar refractivity (Wildman–Crippen MR) is 119 cm³/mol. The Bertz CT molecular complexity index is 1310. The Balaban J connectivity index is 1.36. The number of benzene rings is 2. The fraction of sp³-hybridized carbons (Fsp3) is 0.190. The molecule has 9 nitrogen and oxygen atoms in total. The van der Waals surface area contributed by atoms with E-state index in [4.69, 9.17) is 5.73 Å². The van der Waals surface area contributed by atoms with Gasteiger partial charge in [-0.15, -0.1) is 0 Å². The highest BCUT2D eigenvalue weighted by Gasteiger charge is 2.28. The van der Waals surface area contributed by atoms with Crippen molar-refractivity contribution in [2.75, 3.05) is 36.8 Å². The lowest BCUT2D eigenvalue weighted by Gasteiger charge is -2.35. The SMILES string of the molecule is Nc1nc(-c2ccc(S(=O)(=O)N3CCN(c4ccccc4)CC3)cc2)c2[nH]cnc2n1. The third-order valence-electron chi connectivity index (χ3n) is 5.43. The fourth-order valence-electron chi connectivity index (χ4n) is 3.82. The third kappa shape index (κ3) is 3.60. The number of para-hydroxylation sites is 1. The molecule has 31 heavy (non-hydrogen) atoms. The van der Waals surface area contributed by atoms with E-state index in [0.29, 0.717) is 43.0 Å². The average molecular weight is 436 g/mol. The number of sulfonamides is 1. The zero-order valence-electron chi connectivity index (χ0n) is 16.6. The molecule has 10 heteroatoms. The van der Waals surface area contributed by atoms with Crippen LogP contribution in [0.25, 0.3) is 22.4 Å². The van der Waals surface area contributed by atoms with Gasteiger partial charge in [0, 0.05) is 37.4 Å². The van der Waals surface area contributed by atoms with Gasteiger partial charge in [0.15, 0.2) is 5.65 Å². The standard InChI is InChI=1S/C21H21N7O2S/c22-21-25-18(19-20(26-21)24-14-23-19)15-6-8-17(9-7-15)31(29,30)28-12-10-27(11-13-28)16-4-2-1-3-5-16/h1-9,14H,10-13H2,(H3,22,23,24,25,26). The maximum Gasteiger partial charge on any atom is 0.243 e. The number of nitrogens with two attached hydrogens (primary N) is 1. The maximum absolute atomic E-state index is 13.1. The first-order valence-electron chi connectivity index (χ1n) is 9.89. The number of anilines is 2. The van der Waals surface area contributed by atoms with Gasteiger partial charge in [-0.3, -0.25) is 0 Å². The molecule has 0 atom stereocenters. The lowest BCUT2D eigenvalue weighted by atomic mass is 10.1. The molecule has 2 aromatic heterocycles. The number of H-pyrrole nitrogens is 1. The van der Waals surface area contributed by atoms with Crippen LogP contribution < -0.4 is 10.6 Å². The van der Waals surface area contributed by atoms with E-state index in [9.17, 15) is 8.42 Å². The van der Waals surface area contributed by atoms with Crippen LogP contribution in [-0.4, -0.2) is 58.8 Å². The molecule has 1 aliphatic heterocycles. The molecule has 0 aliphatic carbocycles. The number of nitrogens with zero attached hydrogens (tertiary/aromatic N) is 5. The van der Waals surface area contributed by atoms with E-state index in [1.807, 2.05) is 30.3 Å². The van der Waals surface area contributed by atoms with Crippen LogP contribution in [0.1, 0.15) is 0 Å². The Morgan fingerprint density at radius 2 is 1.61 bits per heavy atom. The molecule has 3 N–H and O–H groups in total. The Hall–Kier alpha value is -3.50. The van der Waals surface area contributed by atoms with Crippen molar-refractivity contribution in [3.05, 3.63) is 60.9 Å². The minimum atomic E-state index is -3.58. The quantitative estimate of drug-likeness (QED) is 0.503. The number of imidazole rings is 1. The number of aromatic amines is 1. The van der Waals surface area contributed by atoms with Crippen molar-refractivity contribution >= 4 is 32.8 Å². The molecule has 1 saturated heterocycles. The summed E-state index contributed by atoms with van der Waals surface area (Å²) in [7, 11) is -3.58. The fourth-order valence-corrected chi connectivity index (χ4v) is 5.24. The van der Waals surface area contributed by atoms with E-state index < -0.39 is 10.0 Å². The van der Waals surface area contributed by atoms with Gasteiger partial charge >= 0.3 is 0 Å². The van der Waals surface area contributed by atoms with Gasteiger partial charge in [0.05, 0.1) is 11.2 Å². The van der Waals surface area contributed by atoms with E-state index in [1.54, 1.807) is 24.3 Å². The monoisotopic (exact) mass is 435 g/mol. The Labute approximate surface area is 179 Å². The number of rotatable bonds is 4. The molecule has 0 bridgehead atoms. The van der Waals surface area contributed by atoms with Gasteiger partial charge in [0.25, 0.3) is 0 Å². The van der Waals surface area contributed by atoms with Crippen LogP contribution in [-0.2, 0) is 10.0 Å². The van der Waals surface area contributed by atoms with Crippen molar-refractivity contribution in [1.82, 2.24) is 24.2 Å². The second-order valence-corrected chi connectivity index (χ2v) is 9.22. The summed E-state index contributed by atoms with van der Waals surface area (Å²) in [6.45, 7) is 2.19. The highest BCUT2D eigenvalue weighted by molar-refractivity contribution is 7.89. The minimum absolute atomic E-state index is 0.114. The van der Waals surface area contributed by atoms with Crippen molar-refractivity contribution in [3.8, 4) is 11.3 Å². The van der Waals surface area contributed by atoms with Crippen molar-refractivity contribution in [2.45, 2.75) is 4.90 Å². The van der Waals surface area contributed by atoms with Gasteiger partial charge in [-0.1, -0.05) is 30.3 Å². The average Bonchev–Trinajstić information content (AvgIpc) is 3.28. The van der Waals surface area contributed by atoms with Gasteiger partial charge < -0.3 is 15.6 Å². The van der Waals surface area contributed by atoms with Gasteiger partial charge in [-0.25, -0.2) is 18.4 Å².